The number of hydrogen-bond acceptors (Lipinski definition) is 3. The molecule has 1 atom stereocenters. The molecule has 2 nitrogen and oxygen atoms in total. The van der Waals surface area contributed by atoms with Crippen LogP contribution in [-0.4, -0.2) is 24.6 Å². The average molecular weight is 374 g/mol. The molecule has 0 bridgehead atoms. The molecule has 0 amide bonds. The Kier molecular flexibility index (Phi) is 19.2. The summed E-state index contributed by atoms with van der Waals surface area (Å²) in [6.45, 7) is 9.39. The Labute approximate surface area is 164 Å². The van der Waals surface area contributed by atoms with E-state index in [0.717, 1.165) is 19.7 Å². The van der Waals surface area contributed by atoms with Crippen LogP contribution in [0.3, 0.4) is 0 Å². The smallest absolute Gasteiger partial charge is 0.120 e. The summed E-state index contributed by atoms with van der Waals surface area (Å²) < 4.78 is 5.95. The summed E-state index contributed by atoms with van der Waals surface area (Å²) in [6.07, 6.45) is 20.3. The maximum atomic E-state index is 5.95. The molecule has 1 unspecified atom stereocenters. The van der Waals surface area contributed by atoms with Gasteiger partial charge in [-0.05, 0) is 26.3 Å². The van der Waals surface area contributed by atoms with Crippen molar-refractivity contribution in [3.63, 3.8) is 0 Å². The fraction of sp³-hybridized carbons (Fsp3) is 1.00. The highest BCUT2D eigenvalue weighted by Crippen LogP contribution is 2.16. The normalized spacial score (nSPS) is 13.9. The van der Waals surface area contributed by atoms with E-state index in [9.17, 15) is 0 Å². The number of nitrogens with one attached hydrogen (secondary N) is 1. The van der Waals surface area contributed by atoms with Gasteiger partial charge in [0, 0.05) is 13.2 Å². The summed E-state index contributed by atoms with van der Waals surface area (Å²) in [5.41, 5.74) is 0. The van der Waals surface area contributed by atoms with Crippen molar-refractivity contribution >= 4 is 12.6 Å². The standard InChI is InChI=1S/C22H47NOS/c1-4-6-8-10-12-14-16-18-20-24-22(3,25)21-23-19-17-15-13-11-9-7-5-2/h23,25H,4-21H2,1-3H3. The van der Waals surface area contributed by atoms with Crippen LogP contribution >= 0.6 is 12.6 Å². The van der Waals surface area contributed by atoms with Crippen LogP contribution in [0.1, 0.15) is 117 Å². The van der Waals surface area contributed by atoms with E-state index >= 15 is 0 Å². The van der Waals surface area contributed by atoms with Crippen LogP contribution in [0.25, 0.3) is 0 Å². The molecule has 0 rings (SSSR count). The summed E-state index contributed by atoms with van der Waals surface area (Å²) in [5, 5.41) is 3.51. The van der Waals surface area contributed by atoms with Crippen molar-refractivity contribution in [2.75, 3.05) is 19.7 Å². The monoisotopic (exact) mass is 373 g/mol. The maximum absolute atomic E-state index is 5.95. The third kappa shape index (κ3) is 20.4. The summed E-state index contributed by atoms with van der Waals surface area (Å²) in [5.74, 6) is 0. The van der Waals surface area contributed by atoms with E-state index in [4.69, 9.17) is 4.74 Å². The van der Waals surface area contributed by atoms with Crippen molar-refractivity contribution in [3.8, 4) is 0 Å². The van der Waals surface area contributed by atoms with Crippen LogP contribution in [0.15, 0.2) is 0 Å². The second-order valence-corrected chi connectivity index (χ2v) is 8.74. The predicted molar refractivity (Wildman–Crippen MR) is 117 cm³/mol. The molecule has 0 radical (unpaired) electrons. The largest absolute Gasteiger partial charge is 0.364 e. The van der Waals surface area contributed by atoms with E-state index in [1.807, 2.05) is 0 Å². The fourth-order valence-corrected chi connectivity index (χ4v) is 3.31. The average Bonchev–Trinajstić information content (AvgIpc) is 2.59. The van der Waals surface area contributed by atoms with Gasteiger partial charge in [0.1, 0.15) is 4.93 Å². The van der Waals surface area contributed by atoms with Crippen LogP contribution < -0.4 is 5.32 Å². The molecule has 0 saturated heterocycles. The SMILES string of the molecule is CCCCCCCCCCOC(C)(S)CNCCCCCCCCC. The van der Waals surface area contributed by atoms with Gasteiger partial charge in [0.15, 0.2) is 0 Å². The third-order valence-corrected chi connectivity index (χ3v) is 5.11. The van der Waals surface area contributed by atoms with E-state index in [-0.39, 0.29) is 4.93 Å². The minimum atomic E-state index is -0.331. The number of thiol groups is 1. The van der Waals surface area contributed by atoms with E-state index in [2.05, 4.69) is 38.7 Å². The van der Waals surface area contributed by atoms with Gasteiger partial charge in [-0.2, -0.15) is 0 Å². The van der Waals surface area contributed by atoms with E-state index in [0.29, 0.717) is 0 Å². The lowest BCUT2D eigenvalue weighted by molar-refractivity contribution is 0.0384. The Morgan fingerprint density at radius 3 is 1.64 bits per heavy atom. The second-order valence-electron chi connectivity index (χ2n) is 7.80. The molecule has 1 N–H and O–H groups in total. The van der Waals surface area contributed by atoms with Crippen LogP contribution in [0.4, 0.5) is 0 Å². The first-order valence-electron chi connectivity index (χ1n) is 11.2. The highest BCUT2D eigenvalue weighted by molar-refractivity contribution is 7.81. The van der Waals surface area contributed by atoms with Gasteiger partial charge in [0.25, 0.3) is 0 Å². The summed E-state index contributed by atoms with van der Waals surface area (Å²) in [7, 11) is 0. The van der Waals surface area contributed by atoms with Gasteiger partial charge < -0.3 is 10.1 Å². The number of ether oxygens (including phenoxy) is 1. The highest BCUT2D eigenvalue weighted by Gasteiger charge is 2.18. The Morgan fingerprint density at radius 2 is 1.12 bits per heavy atom. The molecule has 0 aromatic carbocycles. The topological polar surface area (TPSA) is 21.3 Å². The molecule has 0 spiro atoms. The molecule has 3 heteroatoms. The van der Waals surface area contributed by atoms with Crippen LogP contribution in [0.5, 0.6) is 0 Å². The zero-order chi connectivity index (χ0) is 18.6. The van der Waals surface area contributed by atoms with Gasteiger partial charge in [-0.25, -0.2) is 0 Å². The highest BCUT2D eigenvalue weighted by atomic mass is 32.1. The number of rotatable bonds is 20. The molecule has 0 aliphatic carbocycles. The van der Waals surface area contributed by atoms with Crippen molar-refractivity contribution < 1.29 is 4.74 Å². The first-order valence-corrected chi connectivity index (χ1v) is 11.6. The Morgan fingerprint density at radius 1 is 0.680 bits per heavy atom. The lowest BCUT2D eigenvalue weighted by Crippen LogP contribution is -2.36. The minimum Gasteiger partial charge on any atom is -0.364 e. The molecule has 0 heterocycles. The van der Waals surface area contributed by atoms with Crippen LogP contribution in [-0.2, 0) is 4.74 Å². The molecular weight excluding hydrogens is 326 g/mol. The van der Waals surface area contributed by atoms with Crippen LogP contribution in [0.2, 0.25) is 0 Å². The van der Waals surface area contributed by atoms with Gasteiger partial charge in [0.05, 0.1) is 0 Å². The zero-order valence-electron chi connectivity index (χ0n) is 17.6. The molecule has 25 heavy (non-hydrogen) atoms. The predicted octanol–water partition coefficient (Wildman–Crippen LogP) is 7.13. The Bertz CT molecular complexity index is 234. The van der Waals surface area contributed by atoms with E-state index in [1.54, 1.807) is 0 Å². The maximum Gasteiger partial charge on any atom is 0.120 e. The molecule has 0 saturated carbocycles. The van der Waals surface area contributed by atoms with Crippen molar-refractivity contribution in [3.05, 3.63) is 0 Å². The van der Waals surface area contributed by atoms with Gasteiger partial charge in [-0.3, -0.25) is 0 Å². The van der Waals surface area contributed by atoms with E-state index < -0.39 is 0 Å². The zero-order valence-corrected chi connectivity index (χ0v) is 18.5. The minimum absolute atomic E-state index is 0.331. The first-order chi connectivity index (χ1) is 12.1. The molecule has 0 fully saturated rings. The van der Waals surface area contributed by atoms with Crippen molar-refractivity contribution in [1.82, 2.24) is 5.32 Å². The number of unbranched alkanes of at least 4 members (excludes halogenated alkanes) is 13. The Hall–Kier alpha value is 0.270. The van der Waals surface area contributed by atoms with Crippen LogP contribution in [0, 0.1) is 0 Å². The number of hydrogen-bond donors (Lipinski definition) is 2. The third-order valence-electron chi connectivity index (χ3n) is 4.82. The lowest BCUT2D eigenvalue weighted by atomic mass is 10.1. The van der Waals surface area contributed by atoms with E-state index in [1.165, 1.54) is 96.3 Å². The van der Waals surface area contributed by atoms with Crippen molar-refractivity contribution in [2.45, 2.75) is 122 Å². The molecule has 0 aromatic heterocycles. The van der Waals surface area contributed by atoms with Gasteiger partial charge in [0.2, 0.25) is 0 Å². The molecule has 0 aliphatic rings. The summed E-state index contributed by atoms with van der Waals surface area (Å²) >= 11 is 4.67. The molecule has 0 aromatic rings. The van der Waals surface area contributed by atoms with Gasteiger partial charge in [-0.15, -0.1) is 12.6 Å². The molecule has 0 aliphatic heterocycles. The molecule has 152 valence electrons. The van der Waals surface area contributed by atoms with Crippen molar-refractivity contribution in [1.29, 1.82) is 0 Å². The Balaban J connectivity index is 3.32. The van der Waals surface area contributed by atoms with Gasteiger partial charge >= 0.3 is 0 Å². The quantitative estimate of drug-likeness (QED) is 0.134. The van der Waals surface area contributed by atoms with Gasteiger partial charge in [-0.1, -0.05) is 97.3 Å². The molecular formula is C22H47NOS. The summed E-state index contributed by atoms with van der Waals surface area (Å²) in [4.78, 5) is -0.331. The first kappa shape index (κ1) is 25.3. The second kappa shape index (κ2) is 19.0. The van der Waals surface area contributed by atoms with Crippen molar-refractivity contribution in [2.24, 2.45) is 0 Å². The summed E-state index contributed by atoms with van der Waals surface area (Å²) in [6, 6.07) is 0. The lowest BCUT2D eigenvalue weighted by Gasteiger charge is -2.25. The fourth-order valence-electron chi connectivity index (χ4n) is 3.11.